The van der Waals surface area contributed by atoms with Gasteiger partial charge in [0.05, 0.1) is 0 Å². The van der Waals surface area contributed by atoms with Crippen molar-refractivity contribution in [3.8, 4) is 0 Å². The number of likely N-dealkylation sites (N-methyl/N-ethyl adjacent to an activating group) is 1. The molecule has 1 rings (SSSR count). The van der Waals surface area contributed by atoms with Crippen LogP contribution < -0.4 is 10.9 Å². The molecule has 0 aliphatic carbocycles. The van der Waals surface area contributed by atoms with Gasteiger partial charge in [-0.1, -0.05) is 27.7 Å². The van der Waals surface area contributed by atoms with Gasteiger partial charge in [0.25, 0.3) is 11.5 Å². The molecule has 0 aromatic carbocycles. The van der Waals surface area contributed by atoms with E-state index in [2.05, 4.69) is 48.1 Å². The van der Waals surface area contributed by atoms with E-state index in [0.717, 1.165) is 13.1 Å². The van der Waals surface area contributed by atoms with Gasteiger partial charge in [0.15, 0.2) is 0 Å². The first-order valence-corrected chi connectivity index (χ1v) is 7.07. The minimum absolute atomic E-state index is 0.228. The third-order valence-electron chi connectivity index (χ3n) is 3.43. The fourth-order valence-electron chi connectivity index (χ4n) is 2.24. The number of nitrogens with zero attached hydrogens (tertiary/aromatic N) is 2. The first-order chi connectivity index (χ1) is 9.49. The fourth-order valence-corrected chi connectivity index (χ4v) is 2.24. The summed E-state index contributed by atoms with van der Waals surface area (Å²) in [6.07, 6.45) is 0. The molecule has 6 nitrogen and oxygen atoms in total. The number of hydrogen-bond acceptors (Lipinski definition) is 4. The molecule has 1 aromatic heterocycles. The summed E-state index contributed by atoms with van der Waals surface area (Å²) >= 11 is 0. The quantitative estimate of drug-likeness (QED) is 0.776. The van der Waals surface area contributed by atoms with E-state index >= 15 is 0 Å². The van der Waals surface area contributed by atoms with E-state index in [0.29, 0.717) is 12.5 Å². The zero-order valence-electron chi connectivity index (χ0n) is 12.6. The summed E-state index contributed by atoms with van der Waals surface area (Å²) in [6.45, 7) is 11.0. The number of amides is 1. The van der Waals surface area contributed by atoms with E-state index in [-0.39, 0.29) is 23.2 Å². The van der Waals surface area contributed by atoms with Gasteiger partial charge < -0.3 is 5.32 Å². The largest absolute Gasteiger partial charge is 0.349 e. The van der Waals surface area contributed by atoms with Gasteiger partial charge in [-0.15, -0.1) is 0 Å². The molecule has 1 unspecified atom stereocenters. The third-order valence-corrected chi connectivity index (χ3v) is 3.43. The molecule has 1 amide bonds. The Morgan fingerprint density at radius 2 is 2.00 bits per heavy atom. The normalized spacial score (nSPS) is 12.7. The monoisotopic (exact) mass is 280 g/mol. The lowest BCUT2D eigenvalue weighted by molar-refractivity contribution is 0.0915. The molecule has 1 atom stereocenters. The molecule has 112 valence electrons. The van der Waals surface area contributed by atoms with Crippen molar-refractivity contribution in [2.45, 2.75) is 33.7 Å². The number of carbonyl (C=O) groups is 1. The van der Waals surface area contributed by atoms with Crippen LogP contribution in [0, 0.1) is 5.92 Å². The van der Waals surface area contributed by atoms with Crippen LogP contribution in [0.3, 0.4) is 0 Å². The van der Waals surface area contributed by atoms with Crippen LogP contribution in [0.25, 0.3) is 0 Å². The first-order valence-electron chi connectivity index (χ1n) is 7.07. The van der Waals surface area contributed by atoms with Crippen LogP contribution in [0.1, 0.15) is 38.2 Å². The van der Waals surface area contributed by atoms with Crippen LogP contribution >= 0.6 is 0 Å². The Balaban J connectivity index is 2.65. The van der Waals surface area contributed by atoms with Crippen molar-refractivity contribution < 1.29 is 4.79 Å². The molecule has 1 heterocycles. The molecule has 1 aromatic rings. The number of carbonyl (C=O) groups excluding carboxylic acids is 1. The number of aromatic amines is 1. The van der Waals surface area contributed by atoms with Crippen LogP contribution in [0.2, 0.25) is 0 Å². The number of rotatable bonds is 7. The van der Waals surface area contributed by atoms with E-state index in [1.54, 1.807) is 0 Å². The van der Waals surface area contributed by atoms with Crippen LogP contribution in [0.4, 0.5) is 0 Å². The van der Waals surface area contributed by atoms with Gasteiger partial charge in [0.2, 0.25) is 0 Å². The zero-order chi connectivity index (χ0) is 15.1. The molecule has 0 saturated heterocycles. The Morgan fingerprint density at radius 3 is 2.45 bits per heavy atom. The van der Waals surface area contributed by atoms with Crippen LogP contribution in [0.5, 0.6) is 0 Å². The molecular formula is C14H24N4O2. The highest BCUT2D eigenvalue weighted by atomic mass is 16.2. The molecule has 0 radical (unpaired) electrons. The molecule has 20 heavy (non-hydrogen) atoms. The maximum absolute atomic E-state index is 12.0. The minimum atomic E-state index is -0.315. The standard InChI is InChI=1S/C14H24N4O2/c1-5-18(6-2)12(10(3)4)9-15-14(20)11-7-8-13(19)17-16-11/h7-8,10,12H,5-6,9H2,1-4H3,(H,15,20)(H,17,19). The Labute approximate surface area is 119 Å². The van der Waals surface area contributed by atoms with Gasteiger partial charge in [0.1, 0.15) is 5.69 Å². The lowest BCUT2D eigenvalue weighted by Gasteiger charge is -2.32. The summed E-state index contributed by atoms with van der Waals surface area (Å²) in [4.78, 5) is 25.2. The average Bonchev–Trinajstić information content (AvgIpc) is 2.43. The lowest BCUT2D eigenvalue weighted by Crippen LogP contribution is -2.47. The molecule has 0 bridgehead atoms. The van der Waals surface area contributed by atoms with Crippen molar-refractivity contribution in [1.82, 2.24) is 20.4 Å². The summed E-state index contributed by atoms with van der Waals surface area (Å²) < 4.78 is 0. The lowest BCUT2D eigenvalue weighted by atomic mass is 10.0. The van der Waals surface area contributed by atoms with E-state index in [1.165, 1.54) is 12.1 Å². The number of nitrogens with one attached hydrogen (secondary N) is 2. The van der Waals surface area contributed by atoms with Crippen molar-refractivity contribution >= 4 is 5.91 Å². The summed E-state index contributed by atoms with van der Waals surface area (Å²) in [7, 11) is 0. The zero-order valence-corrected chi connectivity index (χ0v) is 12.6. The molecular weight excluding hydrogens is 256 g/mol. The maximum atomic E-state index is 12.0. The fraction of sp³-hybridized carbons (Fsp3) is 0.643. The summed E-state index contributed by atoms with van der Waals surface area (Å²) in [5.41, 5.74) is -0.0867. The maximum Gasteiger partial charge on any atom is 0.271 e. The van der Waals surface area contributed by atoms with Gasteiger partial charge in [-0.2, -0.15) is 5.10 Å². The molecule has 0 saturated carbocycles. The predicted molar refractivity (Wildman–Crippen MR) is 78.7 cm³/mol. The van der Waals surface area contributed by atoms with Gasteiger partial charge in [-0.05, 0) is 25.1 Å². The van der Waals surface area contributed by atoms with Crippen LogP contribution in [-0.2, 0) is 0 Å². The van der Waals surface area contributed by atoms with Gasteiger partial charge in [-0.25, -0.2) is 5.10 Å². The summed E-state index contributed by atoms with van der Waals surface area (Å²) in [6, 6.07) is 3.01. The van der Waals surface area contributed by atoms with Crippen molar-refractivity contribution in [1.29, 1.82) is 0 Å². The highest BCUT2D eigenvalue weighted by Gasteiger charge is 2.20. The Kier molecular flexibility index (Phi) is 6.38. The van der Waals surface area contributed by atoms with Crippen molar-refractivity contribution in [3.05, 3.63) is 28.2 Å². The number of aromatic nitrogens is 2. The number of hydrogen-bond donors (Lipinski definition) is 2. The van der Waals surface area contributed by atoms with Gasteiger partial charge in [-0.3, -0.25) is 14.5 Å². The Bertz CT molecular complexity index is 460. The van der Waals surface area contributed by atoms with Gasteiger partial charge >= 0.3 is 0 Å². The van der Waals surface area contributed by atoms with E-state index in [1.807, 2.05) is 0 Å². The Hall–Kier alpha value is -1.69. The molecule has 2 N–H and O–H groups in total. The highest BCUT2D eigenvalue weighted by Crippen LogP contribution is 2.09. The predicted octanol–water partition coefficient (Wildman–Crippen LogP) is 0.866. The van der Waals surface area contributed by atoms with Crippen molar-refractivity contribution in [2.24, 2.45) is 5.92 Å². The molecule has 0 spiro atoms. The summed E-state index contributed by atoms with van der Waals surface area (Å²) in [5.74, 6) is 0.179. The topological polar surface area (TPSA) is 78.1 Å². The second kappa shape index (κ2) is 7.79. The second-order valence-electron chi connectivity index (χ2n) is 5.05. The molecule has 0 fully saturated rings. The van der Waals surface area contributed by atoms with Crippen LogP contribution in [0.15, 0.2) is 16.9 Å². The SMILES string of the molecule is CCN(CC)C(CNC(=O)c1ccc(=O)[nH]n1)C(C)C. The average molecular weight is 280 g/mol. The molecule has 6 heteroatoms. The molecule has 0 aliphatic heterocycles. The summed E-state index contributed by atoms with van der Waals surface area (Å²) in [5, 5.41) is 8.87. The smallest absolute Gasteiger partial charge is 0.271 e. The highest BCUT2D eigenvalue weighted by molar-refractivity contribution is 5.91. The first kappa shape index (κ1) is 16.4. The Morgan fingerprint density at radius 1 is 1.35 bits per heavy atom. The van der Waals surface area contributed by atoms with Gasteiger partial charge in [0, 0.05) is 18.7 Å². The van der Waals surface area contributed by atoms with Crippen molar-refractivity contribution in [3.63, 3.8) is 0 Å². The number of H-pyrrole nitrogens is 1. The second-order valence-corrected chi connectivity index (χ2v) is 5.05. The third kappa shape index (κ3) is 4.45. The van der Waals surface area contributed by atoms with E-state index < -0.39 is 0 Å². The van der Waals surface area contributed by atoms with Crippen LogP contribution in [-0.4, -0.2) is 46.7 Å². The minimum Gasteiger partial charge on any atom is -0.349 e. The van der Waals surface area contributed by atoms with E-state index in [4.69, 9.17) is 0 Å². The van der Waals surface area contributed by atoms with E-state index in [9.17, 15) is 9.59 Å². The molecule has 0 aliphatic rings. The van der Waals surface area contributed by atoms with Crippen molar-refractivity contribution in [2.75, 3.05) is 19.6 Å².